The minimum atomic E-state index is -1.40. The van der Waals surface area contributed by atoms with Gasteiger partial charge < -0.3 is 25.8 Å². The standard InChI is InChI=1S/C12H16N6O5/c1-17-3-6(15-16-17)5-2-18(12(22)14-10(5)13)11-9(21)8(20)7(4-19)23-11/h2-3,7-9,11,19-21H,4H2,1H3,(H2,13,14,22)/t7-,8?,9+,11-/m1/s1. The molecule has 0 spiro atoms. The van der Waals surface area contributed by atoms with Gasteiger partial charge in [0.25, 0.3) is 0 Å². The van der Waals surface area contributed by atoms with Crippen molar-refractivity contribution in [2.75, 3.05) is 12.3 Å². The number of nitrogen functional groups attached to an aromatic ring is 1. The number of aliphatic hydroxyl groups is 3. The molecule has 2 aromatic heterocycles. The van der Waals surface area contributed by atoms with Gasteiger partial charge in [0.15, 0.2) is 6.23 Å². The van der Waals surface area contributed by atoms with Crippen LogP contribution in [0.4, 0.5) is 5.82 Å². The highest BCUT2D eigenvalue weighted by Gasteiger charge is 2.44. The molecule has 1 unspecified atom stereocenters. The van der Waals surface area contributed by atoms with E-state index >= 15 is 0 Å². The molecule has 1 saturated heterocycles. The number of aliphatic hydroxyl groups excluding tert-OH is 3. The number of nitrogens with two attached hydrogens (primary N) is 1. The average molecular weight is 324 g/mol. The van der Waals surface area contributed by atoms with Crippen LogP contribution in [0.2, 0.25) is 0 Å². The molecule has 1 fully saturated rings. The van der Waals surface area contributed by atoms with E-state index in [2.05, 4.69) is 15.3 Å². The van der Waals surface area contributed by atoms with Crippen molar-refractivity contribution in [3.63, 3.8) is 0 Å². The lowest BCUT2D eigenvalue weighted by Gasteiger charge is -2.18. The van der Waals surface area contributed by atoms with Crippen LogP contribution in [0.5, 0.6) is 0 Å². The monoisotopic (exact) mass is 324 g/mol. The van der Waals surface area contributed by atoms with Gasteiger partial charge in [-0.25, -0.2) is 4.79 Å². The number of ether oxygens (including phenoxy) is 1. The zero-order valence-electron chi connectivity index (χ0n) is 12.1. The van der Waals surface area contributed by atoms with Gasteiger partial charge in [-0.3, -0.25) is 9.25 Å². The molecule has 11 nitrogen and oxygen atoms in total. The zero-order chi connectivity index (χ0) is 16.7. The molecule has 4 atom stereocenters. The summed E-state index contributed by atoms with van der Waals surface area (Å²) >= 11 is 0. The van der Waals surface area contributed by atoms with Gasteiger partial charge in [0.05, 0.1) is 18.4 Å². The first kappa shape index (κ1) is 15.6. The maximum atomic E-state index is 12.1. The molecule has 124 valence electrons. The lowest BCUT2D eigenvalue weighted by Crippen LogP contribution is -2.36. The third kappa shape index (κ3) is 2.59. The SMILES string of the molecule is Cn1cc(-c2cn([C@@H]3O[C@H](CO)C(O)[C@@H]3O)c(=O)nc2N)nn1. The van der Waals surface area contributed by atoms with Crippen molar-refractivity contribution in [1.29, 1.82) is 0 Å². The van der Waals surface area contributed by atoms with E-state index in [0.29, 0.717) is 11.3 Å². The number of aryl methyl sites for hydroxylation is 1. The maximum absolute atomic E-state index is 12.1. The summed E-state index contributed by atoms with van der Waals surface area (Å²) in [5.41, 5.74) is 5.71. The molecule has 5 N–H and O–H groups in total. The Labute approximate surface area is 129 Å². The molecule has 1 aliphatic heterocycles. The van der Waals surface area contributed by atoms with Crippen molar-refractivity contribution < 1.29 is 20.1 Å². The van der Waals surface area contributed by atoms with Crippen LogP contribution in [0.25, 0.3) is 11.3 Å². The van der Waals surface area contributed by atoms with Crippen molar-refractivity contribution in [2.24, 2.45) is 7.05 Å². The topological polar surface area (TPSA) is 162 Å². The van der Waals surface area contributed by atoms with Gasteiger partial charge in [0, 0.05) is 13.2 Å². The number of aromatic nitrogens is 5. The summed E-state index contributed by atoms with van der Waals surface area (Å²) in [6, 6.07) is 0. The second kappa shape index (κ2) is 5.70. The summed E-state index contributed by atoms with van der Waals surface area (Å²) in [6.07, 6.45) is -2.01. The highest BCUT2D eigenvalue weighted by molar-refractivity contribution is 5.68. The predicted molar refractivity (Wildman–Crippen MR) is 75.9 cm³/mol. The lowest BCUT2D eigenvalue weighted by atomic mass is 10.1. The Morgan fingerprint density at radius 1 is 1.35 bits per heavy atom. The van der Waals surface area contributed by atoms with E-state index in [-0.39, 0.29) is 5.82 Å². The predicted octanol–water partition coefficient (Wildman–Crippen LogP) is -2.77. The Kier molecular flexibility index (Phi) is 3.85. The van der Waals surface area contributed by atoms with Gasteiger partial charge in [-0.05, 0) is 0 Å². The smallest absolute Gasteiger partial charge is 0.351 e. The van der Waals surface area contributed by atoms with E-state index in [4.69, 9.17) is 15.6 Å². The average Bonchev–Trinajstić information content (AvgIpc) is 3.05. The Bertz CT molecular complexity index is 774. The van der Waals surface area contributed by atoms with Crippen molar-refractivity contribution in [1.82, 2.24) is 24.5 Å². The van der Waals surface area contributed by atoms with Crippen LogP contribution in [0.15, 0.2) is 17.2 Å². The summed E-state index contributed by atoms with van der Waals surface area (Å²) in [5.74, 6) is -0.0431. The molecule has 0 radical (unpaired) electrons. The van der Waals surface area contributed by atoms with Gasteiger partial charge in [-0.1, -0.05) is 5.21 Å². The van der Waals surface area contributed by atoms with Crippen LogP contribution in [-0.2, 0) is 11.8 Å². The molecular weight excluding hydrogens is 308 g/mol. The zero-order valence-corrected chi connectivity index (χ0v) is 12.1. The summed E-state index contributed by atoms with van der Waals surface area (Å²) in [6.45, 7) is -0.497. The second-order valence-corrected chi connectivity index (χ2v) is 5.24. The number of hydrogen-bond donors (Lipinski definition) is 4. The largest absolute Gasteiger partial charge is 0.394 e. The summed E-state index contributed by atoms with van der Waals surface area (Å²) in [4.78, 5) is 15.7. The highest BCUT2D eigenvalue weighted by Crippen LogP contribution is 2.30. The molecule has 3 heterocycles. The highest BCUT2D eigenvalue weighted by atomic mass is 16.6. The Hall–Kier alpha value is -2.34. The molecule has 0 aromatic carbocycles. The van der Waals surface area contributed by atoms with Crippen molar-refractivity contribution in [2.45, 2.75) is 24.5 Å². The third-order valence-electron chi connectivity index (χ3n) is 3.65. The minimum Gasteiger partial charge on any atom is -0.394 e. The molecular formula is C12H16N6O5. The first-order valence-electron chi connectivity index (χ1n) is 6.80. The molecule has 1 aliphatic rings. The van der Waals surface area contributed by atoms with Gasteiger partial charge >= 0.3 is 5.69 Å². The number of rotatable bonds is 3. The normalized spacial score (nSPS) is 27.5. The van der Waals surface area contributed by atoms with Crippen LogP contribution in [0.3, 0.4) is 0 Å². The third-order valence-corrected chi connectivity index (χ3v) is 3.65. The van der Waals surface area contributed by atoms with E-state index < -0.39 is 36.8 Å². The first-order valence-corrected chi connectivity index (χ1v) is 6.80. The molecule has 0 aliphatic carbocycles. The molecule has 0 amide bonds. The van der Waals surface area contributed by atoms with Crippen molar-refractivity contribution >= 4 is 5.82 Å². The molecule has 11 heteroatoms. The number of anilines is 1. The molecule has 2 aromatic rings. The van der Waals surface area contributed by atoms with E-state index in [1.165, 1.54) is 10.9 Å². The van der Waals surface area contributed by atoms with E-state index in [0.717, 1.165) is 4.57 Å². The lowest BCUT2D eigenvalue weighted by molar-refractivity contribution is -0.0548. The van der Waals surface area contributed by atoms with Gasteiger partial charge in [0.2, 0.25) is 0 Å². The van der Waals surface area contributed by atoms with Gasteiger partial charge in [0.1, 0.15) is 29.8 Å². The van der Waals surface area contributed by atoms with Crippen molar-refractivity contribution in [3.8, 4) is 11.3 Å². The quantitative estimate of drug-likeness (QED) is 0.468. The van der Waals surface area contributed by atoms with E-state index in [9.17, 15) is 15.0 Å². The fourth-order valence-corrected chi connectivity index (χ4v) is 2.44. The van der Waals surface area contributed by atoms with E-state index in [1.807, 2.05) is 0 Å². The molecule has 0 saturated carbocycles. The second-order valence-electron chi connectivity index (χ2n) is 5.24. The van der Waals surface area contributed by atoms with Gasteiger partial charge in [-0.2, -0.15) is 4.98 Å². The summed E-state index contributed by atoms with van der Waals surface area (Å²) in [7, 11) is 1.67. The Morgan fingerprint density at radius 3 is 2.65 bits per heavy atom. The van der Waals surface area contributed by atoms with Crippen molar-refractivity contribution in [3.05, 3.63) is 22.9 Å². The van der Waals surface area contributed by atoms with Crippen LogP contribution >= 0.6 is 0 Å². The fourth-order valence-electron chi connectivity index (χ4n) is 2.44. The molecule has 0 bridgehead atoms. The summed E-state index contributed by atoms with van der Waals surface area (Å²) in [5, 5.41) is 36.6. The van der Waals surface area contributed by atoms with Crippen LogP contribution in [0, 0.1) is 0 Å². The fraction of sp³-hybridized carbons (Fsp3) is 0.500. The Morgan fingerprint density at radius 2 is 2.09 bits per heavy atom. The van der Waals surface area contributed by atoms with Crippen LogP contribution < -0.4 is 11.4 Å². The first-order chi connectivity index (χ1) is 10.9. The molecule has 23 heavy (non-hydrogen) atoms. The Balaban J connectivity index is 2.05. The summed E-state index contributed by atoms with van der Waals surface area (Å²) < 4.78 is 7.79. The maximum Gasteiger partial charge on any atom is 0.351 e. The van der Waals surface area contributed by atoms with Gasteiger partial charge in [-0.15, -0.1) is 5.10 Å². The molecule has 3 rings (SSSR count). The van der Waals surface area contributed by atoms with Crippen LogP contribution in [0.1, 0.15) is 6.23 Å². The van der Waals surface area contributed by atoms with Crippen LogP contribution in [-0.4, -0.2) is 64.8 Å². The minimum absolute atomic E-state index is 0.0431. The number of nitrogens with zero attached hydrogens (tertiary/aromatic N) is 5. The number of hydrogen-bond acceptors (Lipinski definition) is 9. The van der Waals surface area contributed by atoms with E-state index in [1.54, 1.807) is 13.2 Å².